The van der Waals surface area contributed by atoms with Crippen LogP contribution in [0.3, 0.4) is 0 Å². The summed E-state index contributed by atoms with van der Waals surface area (Å²) in [5.74, 6) is 0. The van der Waals surface area contributed by atoms with Gasteiger partial charge in [-0.2, -0.15) is 0 Å². The van der Waals surface area contributed by atoms with Crippen LogP contribution in [0.2, 0.25) is 14.4 Å². The lowest BCUT2D eigenvalue weighted by Crippen LogP contribution is -2.13. The van der Waals surface area contributed by atoms with E-state index >= 15 is 0 Å². The van der Waals surface area contributed by atoms with Gasteiger partial charge in [0.25, 0.3) is 20.0 Å². The fourth-order valence-corrected chi connectivity index (χ4v) is 6.89. The zero-order chi connectivity index (χ0) is 20.5. The topological polar surface area (TPSA) is 92.3 Å². The van der Waals surface area contributed by atoms with Crippen molar-refractivity contribution in [2.24, 2.45) is 0 Å². The van der Waals surface area contributed by atoms with Crippen LogP contribution in [-0.2, 0) is 20.0 Å². The average molecular weight is 498 g/mol. The van der Waals surface area contributed by atoms with Gasteiger partial charge < -0.3 is 0 Å². The highest BCUT2D eigenvalue weighted by atomic mass is 35.5. The number of thiophene rings is 1. The molecule has 0 fully saturated rings. The summed E-state index contributed by atoms with van der Waals surface area (Å²) in [6.45, 7) is 0. The largest absolute Gasteiger partial charge is 0.280 e. The molecule has 0 saturated heterocycles. The molecule has 0 aliphatic carbocycles. The number of hydrogen-bond acceptors (Lipinski definition) is 5. The maximum absolute atomic E-state index is 12.6. The summed E-state index contributed by atoms with van der Waals surface area (Å²) in [7, 11) is -8.13. The van der Waals surface area contributed by atoms with Crippen molar-refractivity contribution in [3.8, 4) is 0 Å². The molecule has 6 nitrogen and oxygen atoms in total. The third kappa shape index (κ3) is 4.91. The molecule has 0 aliphatic heterocycles. The second kappa shape index (κ2) is 8.10. The van der Waals surface area contributed by atoms with Gasteiger partial charge >= 0.3 is 0 Å². The van der Waals surface area contributed by atoms with E-state index in [1.54, 1.807) is 0 Å². The molecule has 2 N–H and O–H groups in total. The van der Waals surface area contributed by atoms with Crippen LogP contribution >= 0.6 is 46.1 Å². The Bertz CT molecular complexity index is 1210. The molecular formula is C16H11Cl3N2O4S3. The predicted molar refractivity (Wildman–Crippen MR) is 114 cm³/mol. The highest BCUT2D eigenvalue weighted by molar-refractivity contribution is 7.95. The standard InChI is InChI=1S/C16H11Cl3N2O4S3/c17-10-1-5-12(6-2-10)20-27(22,23)14-9-15(26-16(14)19)28(24,25)21-13-7-3-11(18)4-8-13/h1-9,20-21H. The summed E-state index contributed by atoms with van der Waals surface area (Å²) in [5, 5.41) is 0.891. The molecule has 0 bridgehead atoms. The minimum atomic E-state index is -4.10. The second-order valence-corrected chi connectivity index (χ2v) is 11.5. The van der Waals surface area contributed by atoms with E-state index in [0.717, 1.165) is 6.07 Å². The predicted octanol–water partition coefficient (Wildman–Crippen LogP) is 5.31. The third-order valence-corrected chi connectivity index (χ3v) is 8.74. The van der Waals surface area contributed by atoms with Crippen LogP contribution < -0.4 is 9.44 Å². The Morgan fingerprint density at radius 1 is 0.679 bits per heavy atom. The number of rotatable bonds is 6. The van der Waals surface area contributed by atoms with Crippen LogP contribution in [0.5, 0.6) is 0 Å². The van der Waals surface area contributed by atoms with Gasteiger partial charge in [0.1, 0.15) is 13.4 Å². The first-order chi connectivity index (χ1) is 13.1. The number of nitrogens with one attached hydrogen (secondary N) is 2. The van der Waals surface area contributed by atoms with Crippen LogP contribution in [0.4, 0.5) is 11.4 Å². The van der Waals surface area contributed by atoms with Crippen molar-refractivity contribution < 1.29 is 16.8 Å². The lowest BCUT2D eigenvalue weighted by molar-refractivity contribution is 0.601. The van der Waals surface area contributed by atoms with E-state index in [-0.39, 0.29) is 24.8 Å². The molecule has 0 atom stereocenters. The molecule has 12 heteroatoms. The molecule has 148 valence electrons. The molecule has 0 unspecified atom stereocenters. The Morgan fingerprint density at radius 2 is 1.11 bits per heavy atom. The summed E-state index contributed by atoms with van der Waals surface area (Å²) in [6.07, 6.45) is 0. The molecule has 0 amide bonds. The first kappa shape index (κ1) is 21.2. The minimum absolute atomic E-state index is 0.182. The fourth-order valence-electron chi connectivity index (χ4n) is 2.10. The molecule has 28 heavy (non-hydrogen) atoms. The maximum atomic E-state index is 12.6. The Kier molecular flexibility index (Phi) is 6.14. The maximum Gasteiger partial charge on any atom is 0.271 e. The van der Waals surface area contributed by atoms with E-state index in [0.29, 0.717) is 21.4 Å². The van der Waals surface area contributed by atoms with E-state index in [2.05, 4.69) is 9.44 Å². The van der Waals surface area contributed by atoms with E-state index in [1.807, 2.05) is 0 Å². The number of benzene rings is 2. The Labute approximate surface area is 181 Å². The van der Waals surface area contributed by atoms with Crippen LogP contribution in [0.15, 0.2) is 63.7 Å². The highest BCUT2D eigenvalue weighted by Gasteiger charge is 2.26. The van der Waals surface area contributed by atoms with Crippen molar-refractivity contribution in [2.45, 2.75) is 9.10 Å². The van der Waals surface area contributed by atoms with Crippen molar-refractivity contribution in [2.75, 3.05) is 9.44 Å². The van der Waals surface area contributed by atoms with Crippen LogP contribution in [-0.4, -0.2) is 16.8 Å². The number of halogens is 3. The lowest BCUT2D eigenvalue weighted by atomic mass is 10.3. The van der Waals surface area contributed by atoms with Gasteiger partial charge in [-0.15, -0.1) is 11.3 Å². The molecular weight excluding hydrogens is 487 g/mol. The zero-order valence-electron chi connectivity index (χ0n) is 13.7. The van der Waals surface area contributed by atoms with Crippen molar-refractivity contribution in [3.63, 3.8) is 0 Å². The second-order valence-electron chi connectivity index (χ2n) is 5.43. The summed E-state index contributed by atoms with van der Waals surface area (Å²) in [4.78, 5) is -0.342. The summed E-state index contributed by atoms with van der Waals surface area (Å²) in [6, 6.07) is 13.0. The molecule has 0 saturated carbocycles. The number of anilines is 2. The fraction of sp³-hybridized carbons (Fsp3) is 0. The van der Waals surface area contributed by atoms with Crippen molar-refractivity contribution >= 4 is 77.6 Å². The summed E-state index contributed by atoms with van der Waals surface area (Å²) in [5.41, 5.74) is 0.535. The molecule has 0 radical (unpaired) electrons. The average Bonchev–Trinajstić information content (AvgIpc) is 3.02. The van der Waals surface area contributed by atoms with Gasteiger partial charge in [0.15, 0.2) is 0 Å². The normalized spacial score (nSPS) is 12.0. The van der Waals surface area contributed by atoms with E-state index in [1.165, 1.54) is 48.5 Å². The summed E-state index contributed by atoms with van der Waals surface area (Å²) < 4.78 is 54.5. The van der Waals surface area contributed by atoms with E-state index in [4.69, 9.17) is 34.8 Å². The molecule has 2 aromatic carbocycles. The van der Waals surface area contributed by atoms with Crippen LogP contribution in [0.25, 0.3) is 0 Å². The zero-order valence-corrected chi connectivity index (χ0v) is 18.4. The van der Waals surface area contributed by atoms with Gasteiger partial charge in [-0.3, -0.25) is 9.44 Å². The van der Waals surface area contributed by atoms with Gasteiger partial charge in [0, 0.05) is 21.4 Å². The van der Waals surface area contributed by atoms with Gasteiger partial charge in [0.05, 0.1) is 0 Å². The van der Waals surface area contributed by atoms with Gasteiger partial charge in [0.2, 0.25) is 0 Å². The SMILES string of the molecule is O=S(=O)(Nc1ccc(Cl)cc1)c1cc(S(=O)(=O)Nc2ccc(Cl)cc2)c(Cl)s1. The molecule has 0 spiro atoms. The third-order valence-electron chi connectivity index (χ3n) is 3.38. The van der Waals surface area contributed by atoms with Crippen molar-refractivity contribution in [3.05, 3.63) is 69.0 Å². The molecule has 3 rings (SSSR count). The molecule has 0 aliphatic rings. The number of hydrogen-bond donors (Lipinski definition) is 2. The lowest BCUT2D eigenvalue weighted by Gasteiger charge is -2.07. The quantitative estimate of drug-likeness (QED) is 0.483. The van der Waals surface area contributed by atoms with Gasteiger partial charge in [-0.25, -0.2) is 16.8 Å². The highest BCUT2D eigenvalue weighted by Crippen LogP contribution is 2.35. The monoisotopic (exact) mass is 496 g/mol. The molecule has 3 aromatic rings. The Hall–Kier alpha value is -1.49. The minimum Gasteiger partial charge on any atom is -0.280 e. The Morgan fingerprint density at radius 3 is 1.57 bits per heavy atom. The molecule has 1 aromatic heterocycles. The smallest absolute Gasteiger partial charge is 0.271 e. The van der Waals surface area contributed by atoms with Gasteiger partial charge in [-0.05, 0) is 54.6 Å². The van der Waals surface area contributed by atoms with E-state index in [9.17, 15) is 16.8 Å². The Balaban J connectivity index is 1.89. The van der Waals surface area contributed by atoms with Crippen LogP contribution in [0, 0.1) is 0 Å². The van der Waals surface area contributed by atoms with Crippen molar-refractivity contribution in [1.29, 1.82) is 0 Å². The number of sulfonamides is 2. The first-order valence-electron chi connectivity index (χ1n) is 7.43. The summed E-state index contributed by atoms with van der Waals surface area (Å²) >= 11 is 18.2. The van der Waals surface area contributed by atoms with Crippen LogP contribution in [0.1, 0.15) is 0 Å². The van der Waals surface area contributed by atoms with E-state index < -0.39 is 20.0 Å². The van der Waals surface area contributed by atoms with Gasteiger partial charge in [-0.1, -0.05) is 34.8 Å². The first-order valence-corrected chi connectivity index (χ1v) is 12.3. The molecule has 1 heterocycles. The van der Waals surface area contributed by atoms with Crippen molar-refractivity contribution in [1.82, 2.24) is 0 Å².